The summed E-state index contributed by atoms with van der Waals surface area (Å²) in [4.78, 5) is 12.6. The number of anilines is 1. The second-order valence-electron chi connectivity index (χ2n) is 7.19. The van der Waals surface area contributed by atoms with Gasteiger partial charge >= 0.3 is 6.18 Å². The first-order valence-electron chi connectivity index (χ1n) is 9.34. The van der Waals surface area contributed by atoms with Crippen molar-refractivity contribution in [1.82, 2.24) is 5.32 Å². The molecule has 0 radical (unpaired) electrons. The van der Waals surface area contributed by atoms with E-state index in [0.29, 0.717) is 10.7 Å². The lowest BCUT2D eigenvalue weighted by Gasteiger charge is -2.25. The molecule has 2 rings (SSSR count). The molecule has 0 heterocycles. The minimum Gasteiger partial charge on any atom is -0.348 e. The second-order valence-corrected chi connectivity index (χ2v) is 9.10. The number of halogens is 3. The fraction of sp³-hybridized carbons (Fsp3) is 0.381. The second kappa shape index (κ2) is 9.07. The standard InChI is InChI=1S/C21H25F3N2O3S/c1-5-19(16-10-9-14(2)15(3)11-16)25-20(27)13-26(30(4,28)29)18-8-6-7-17(12-18)21(22,23)24/h6-12,19H,5,13H2,1-4H3,(H,25,27)/t19-/m0/s1. The van der Waals surface area contributed by atoms with Gasteiger partial charge in [-0.2, -0.15) is 13.2 Å². The number of alkyl halides is 3. The minimum atomic E-state index is -4.63. The first-order chi connectivity index (χ1) is 13.8. The Labute approximate surface area is 175 Å². The van der Waals surface area contributed by atoms with Gasteiger partial charge in [-0.25, -0.2) is 8.42 Å². The van der Waals surface area contributed by atoms with Gasteiger partial charge < -0.3 is 5.32 Å². The van der Waals surface area contributed by atoms with Crippen molar-refractivity contribution in [2.45, 2.75) is 39.4 Å². The number of aryl methyl sites for hydroxylation is 2. The molecule has 1 atom stereocenters. The van der Waals surface area contributed by atoms with Crippen molar-refractivity contribution in [2.24, 2.45) is 0 Å². The van der Waals surface area contributed by atoms with Crippen molar-refractivity contribution < 1.29 is 26.4 Å². The lowest BCUT2D eigenvalue weighted by Crippen LogP contribution is -2.41. The predicted molar refractivity (Wildman–Crippen MR) is 111 cm³/mol. The molecule has 0 bridgehead atoms. The Hall–Kier alpha value is -2.55. The van der Waals surface area contributed by atoms with Crippen LogP contribution in [0.3, 0.4) is 0 Å². The molecule has 0 saturated heterocycles. The zero-order chi connectivity index (χ0) is 22.7. The lowest BCUT2D eigenvalue weighted by atomic mass is 9.99. The maximum atomic E-state index is 13.0. The summed E-state index contributed by atoms with van der Waals surface area (Å²) in [5, 5.41) is 2.78. The monoisotopic (exact) mass is 442 g/mol. The van der Waals surface area contributed by atoms with E-state index in [1.54, 1.807) is 0 Å². The Balaban J connectivity index is 2.26. The van der Waals surface area contributed by atoms with Crippen molar-refractivity contribution in [3.63, 3.8) is 0 Å². The molecule has 5 nitrogen and oxygen atoms in total. The average Bonchev–Trinajstić information content (AvgIpc) is 2.65. The topological polar surface area (TPSA) is 66.5 Å². The number of nitrogens with zero attached hydrogens (tertiary/aromatic N) is 1. The molecule has 9 heteroatoms. The van der Waals surface area contributed by atoms with Gasteiger partial charge in [-0.3, -0.25) is 9.10 Å². The molecular formula is C21H25F3N2O3S. The fourth-order valence-corrected chi connectivity index (χ4v) is 3.86. The first kappa shape index (κ1) is 23.7. The Morgan fingerprint density at radius 1 is 1.10 bits per heavy atom. The largest absolute Gasteiger partial charge is 0.416 e. The summed E-state index contributed by atoms with van der Waals surface area (Å²) < 4.78 is 64.1. The van der Waals surface area contributed by atoms with E-state index in [9.17, 15) is 26.4 Å². The van der Waals surface area contributed by atoms with Gasteiger partial charge in [-0.05, 0) is 55.2 Å². The Morgan fingerprint density at radius 3 is 2.30 bits per heavy atom. The molecule has 0 saturated carbocycles. The molecule has 164 valence electrons. The molecule has 0 unspecified atom stereocenters. The van der Waals surface area contributed by atoms with E-state index in [-0.39, 0.29) is 11.7 Å². The number of rotatable bonds is 7. The third-order valence-corrected chi connectivity index (χ3v) is 5.97. The van der Waals surface area contributed by atoms with Crippen molar-refractivity contribution in [2.75, 3.05) is 17.1 Å². The van der Waals surface area contributed by atoms with Crippen LogP contribution in [0, 0.1) is 13.8 Å². The lowest BCUT2D eigenvalue weighted by molar-refractivity contribution is -0.137. The number of hydrogen-bond acceptors (Lipinski definition) is 3. The van der Waals surface area contributed by atoms with Crippen molar-refractivity contribution in [1.29, 1.82) is 0 Å². The van der Waals surface area contributed by atoms with Crippen LogP contribution in [0.5, 0.6) is 0 Å². The van der Waals surface area contributed by atoms with Crippen molar-refractivity contribution in [3.05, 3.63) is 64.7 Å². The fourth-order valence-electron chi connectivity index (χ4n) is 3.01. The van der Waals surface area contributed by atoms with Crippen molar-refractivity contribution in [3.8, 4) is 0 Å². The van der Waals surface area contributed by atoms with E-state index in [1.165, 1.54) is 6.07 Å². The first-order valence-corrected chi connectivity index (χ1v) is 11.2. The molecule has 2 aromatic carbocycles. The van der Waals surface area contributed by atoms with Gasteiger partial charge in [0.2, 0.25) is 15.9 Å². The molecule has 1 N–H and O–H groups in total. The van der Waals surface area contributed by atoms with E-state index >= 15 is 0 Å². The van der Waals surface area contributed by atoms with Crippen LogP contribution in [0.1, 0.15) is 41.6 Å². The van der Waals surface area contributed by atoms with E-state index in [4.69, 9.17) is 0 Å². The molecule has 0 aromatic heterocycles. The smallest absolute Gasteiger partial charge is 0.348 e. The Bertz CT molecular complexity index is 1020. The number of hydrogen-bond donors (Lipinski definition) is 1. The van der Waals surface area contributed by atoms with E-state index in [2.05, 4.69) is 5.32 Å². The quantitative estimate of drug-likeness (QED) is 0.693. The van der Waals surface area contributed by atoms with E-state index in [0.717, 1.165) is 41.1 Å². The summed E-state index contributed by atoms with van der Waals surface area (Å²) in [6, 6.07) is 9.32. The van der Waals surface area contributed by atoms with Crippen LogP contribution in [0.4, 0.5) is 18.9 Å². The van der Waals surface area contributed by atoms with E-state index in [1.807, 2.05) is 39.0 Å². The highest BCUT2D eigenvalue weighted by molar-refractivity contribution is 7.92. The third kappa shape index (κ3) is 5.98. The third-order valence-electron chi connectivity index (χ3n) is 4.83. The molecule has 0 spiro atoms. The minimum absolute atomic E-state index is 0.221. The highest BCUT2D eigenvalue weighted by Crippen LogP contribution is 2.32. The molecule has 1 amide bonds. The summed E-state index contributed by atoms with van der Waals surface area (Å²) in [6.45, 7) is 5.17. The molecule has 30 heavy (non-hydrogen) atoms. The predicted octanol–water partition coefficient (Wildman–Crippen LogP) is 4.36. The van der Waals surface area contributed by atoms with Crippen LogP contribution in [-0.4, -0.2) is 27.1 Å². The Kier molecular flexibility index (Phi) is 7.18. The highest BCUT2D eigenvalue weighted by atomic mass is 32.2. The number of benzene rings is 2. The Morgan fingerprint density at radius 2 is 1.77 bits per heavy atom. The number of sulfonamides is 1. The summed E-state index contributed by atoms with van der Waals surface area (Å²) >= 11 is 0. The van der Waals surface area contributed by atoms with Gasteiger partial charge in [0, 0.05) is 0 Å². The maximum Gasteiger partial charge on any atom is 0.416 e. The summed E-state index contributed by atoms with van der Waals surface area (Å²) in [5.41, 5.74) is 1.82. The SMILES string of the molecule is CC[C@H](NC(=O)CN(c1cccc(C(F)(F)F)c1)S(C)(=O)=O)c1ccc(C)c(C)c1. The number of carbonyl (C=O) groups excluding carboxylic acids is 1. The summed E-state index contributed by atoms with van der Waals surface area (Å²) in [5.74, 6) is -0.608. The zero-order valence-electron chi connectivity index (χ0n) is 17.2. The van der Waals surface area contributed by atoms with Crippen LogP contribution in [0.15, 0.2) is 42.5 Å². The van der Waals surface area contributed by atoms with Crippen LogP contribution in [0.2, 0.25) is 0 Å². The van der Waals surface area contributed by atoms with Crippen LogP contribution in [0.25, 0.3) is 0 Å². The summed E-state index contributed by atoms with van der Waals surface area (Å²) in [7, 11) is -3.99. The van der Waals surface area contributed by atoms with Gasteiger partial charge in [-0.1, -0.05) is 31.2 Å². The molecule has 0 fully saturated rings. The highest BCUT2D eigenvalue weighted by Gasteiger charge is 2.32. The molecule has 2 aromatic rings. The molecule has 0 aliphatic rings. The van der Waals surface area contributed by atoms with Gasteiger partial charge in [0.15, 0.2) is 0 Å². The van der Waals surface area contributed by atoms with Gasteiger partial charge in [0.05, 0.1) is 23.5 Å². The van der Waals surface area contributed by atoms with Crippen LogP contribution >= 0.6 is 0 Å². The van der Waals surface area contributed by atoms with Gasteiger partial charge in [0.25, 0.3) is 0 Å². The molecule has 0 aliphatic heterocycles. The van der Waals surface area contributed by atoms with Gasteiger partial charge in [-0.15, -0.1) is 0 Å². The van der Waals surface area contributed by atoms with E-state index < -0.39 is 34.2 Å². The summed E-state index contributed by atoms with van der Waals surface area (Å²) in [6.07, 6.45) is -3.21. The van der Waals surface area contributed by atoms with Crippen LogP contribution in [-0.2, 0) is 21.0 Å². The van der Waals surface area contributed by atoms with Crippen molar-refractivity contribution >= 4 is 21.6 Å². The number of nitrogens with one attached hydrogen (secondary N) is 1. The zero-order valence-corrected chi connectivity index (χ0v) is 18.1. The normalized spacial score (nSPS) is 13.0. The number of carbonyl (C=O) groups is 1. The number of amides is 1. The molecule has 0 aliphatic carbocycles. The maximum absolute atomic E-state index is 13.0. The molecular weight excluding hydrogens is 417 g/mol. The average molecular weight is 443 g/mol. The van der Waals surface area contributed by atoms with Gasteiger partial charge in [0.1, 0.15) is 6.54 Å². The van der Waals surface area contributed by atoms with Crippen LogP contribution < -0.4 is 9.62 Å².